The standard InChI is InChI=1S/C44H82O8SSi3/c1-17-56(18-2,19-3)48-27-23-24-35-28-33(4)34(5)39(50-35)30-40-38(32-53(45,46)37-25-21-20-22-26-37)42(47-12)41(51-40)29-36(52-55(15,16)44(9,10)11)31-49-54(13,14)43(6,7)8/h20-22,25-26,33,35-36,38-42H,5,17-19,23-24,27-32H2,1-4,6-16H3/t33?,35?,36?,38?,39?,40-,41?,42+/m0/s1. The Labute approximate surface area is 346 Å². The van der Waals surface area contributed by atoms with E-state index >= 15 is 0 Å². The third kappa shape index (κ3) is 12.9. The van der Waals surface area contributed by atoms with Crippen LogP contribution in [0.3, 0.4) is 0 Å². The highest BCUT2D eigenvalue weighted by Crippen LogP contribution is 2.43. The van der Waals surface area contributed by atoms with Crippen LogP contribution in [0.15, 0.2) is 47.4 Å². The molecule has 324 valence electrons. The number of sulfone groups is 1. The molecule has 2 fully saturated rings. The van der Waals surface area contributed by atoms with Crippen molar-refractivity contribution in [1.29, 1.82) is 0 Å². The molecule has 8 atom stereocenters. The summed E-state index contributed by atoms with van der Waals surface area (Å²) in [7, 11) is -7.92. The van der Waals surface area contributed by atoms with Gasteiger partial charge >= 0.3 is 0 Å². The van der Waals surface area contributed by atoms with Crippen molar-refractivity contribution in [2.24, 2.45) is 11.8 Å². The van der Waals surface area contributed by atoms with Gasteiger partial charge in [0.2, 0.25) is 0 Å². The fourth-order valence-electron chi connectivity index (χ4n) is 7.83. The molecule has 56 heavy (non-hydrogen) atoms. The minimum atomic E-state index is -3.65. The van der Waals surface area contributed by atoms with E-state index in [1.807, 2.05) is 6.07 Å². The molecule has 8 nitrogen and oxygen atoms in total. The average molecular weight is 855 g/mol. The number of methoxy groups -OCH3 is 1. The van der Waals surface area contributed by atoms with Gasteiger partial charge < -0.3 is 27.5 Å². The van der Waals surface area contributed by atoms with Crippen molar-refractivity contribution in [3.05, 3.63) is 42.5 Å². The summed E-state index contributed by atoms with van der Waals surface area (Å²) in [6.07, 6.45) is 2.22. The van der Waals surface area contributed by atoms with Crippen LogP contribution in [0, 0.1) is 11.8 Å². The molecule has 0 bridgehead atoms. The quantitative estimate of drug-likeness (QED) is 0.0686. The van der Waals surface area contributed by atoms with E-state index in [0.29, 0.717) is 24.3 Å². The fourth-order valence-corrected chi connectivity index (χ4v) is 14.6. The maximum absolute atomic E-state index is 14.1. The second kappa shape index (κ2) is 20.3. The Balaban J connectivity index is 1.92. The molecule has 12 heteroatoms. The summed E-state index contributed by atoms with van der Waals surface area (Å²) in [5.74, 6) is -0.217. The Kier molecular flexibility index (Phi) is 18.0. The number of ether oxygens (including phenoxy) is 3. The lowest BCUT2D eigenvalue weighted by molar-refractivity contribution is -0.0759. The number of rotatable bonds is 21. The summed E-state index contributed by atoms with van der Waals surface area (Å²) in [6.45, 7) is 37.4. The molecule has 2 aliphatic heterocycles. The van der Waals surface area contributed by atoms with Crippen LogP contribution in [-0.2, 0) is 37.3 Å². The molecule has 2 saturated heterocycles. The monoisotopic (exact) mass is 855 g/mol. The van der Waals surface area contributed by atoms with E-state index in [1.165, 1.54) is 0 Å². The van der Waals surface area contributed by atoms with Crippen LogP contribution in [0.1, 0.15) is 101 Å². The summed E-state index contributed by atoms with van der Waals surface area (Å²) >= 11 is 0. The maximum atomic E-state index is 14.1. The van der Waals surface area contributed by atoms with Gasteiger partial charge in [-0.2, -0.15) is 0 Å². The largest absolute Gasteiger partial charge is 0.417 e. The van der Waals surface area contributed by atoms with Crippen LogP contribution >= 0.6 is 0 Å². The van der Waals surface area contributed by atoms with Crippen LogP contribution < -0.4 is 0 Å². The number of benzene rings is 1. The van der Waals surface area contributed by atoms with Gasteiger partial charge in [-0.15, -0.1) is 0 Å². The lowest BCUT2D eigenvalue weighted by Crippen LogP contribution is -2.49. The first-order chi connectivity index (χ1) is 25.9. The first-order valence-corrected chi connectivity index (χ1v) is 31.6. The molecule has 0 spiro atoms. The molecule has 1 aromatic rings. The highest BCUT2D eigenvalue weighted by molar-refractivity contribution is 7.91. The molecule has 1 aromatic carbocycles. The molecule has 0 N–H and O–H groups in total. The van der Waals surface area contributed by atoms with E-state index in [2.05, 4.69) is 102 Å². The van der Waals surface area contributed by atoms with E-state index in [9.17, 15) is 8.42 Å². The van der Waals surface area contributed by atoms with Gasteiger partial charge in [0.25, 0.3) is 0 Å². The Bertz CT molecular complexity index is 1460. The summed E-state index contributed by atoms with van der Waals surface area (Å²) in [5.41, 5.74) is 1.06. The zero-order valence-corrected chi connectivity index (χ0v) is 42.0. The number of hydrogen-bond acceptors (Lipinski definition) is 8. The Morgan fingerprint density at radius 2 is 1.46 bits per heavy atom. The lowest BCUT2D eigenvalue weighted by Gasteiger charge is -2.42. The normalized spacial score (nSPS) is 26.5. The summed E-state index contributed by atoms with van der Waals surface area (Å²) < 4.78 is 68.9. The van der Waals surface area contributed by atoms with Gasteiger partial charge in [0.1, 0.15) is 0 Å². The van der Waals surface area contributed by atoms with Crippen molar-refractivity contribution < 1.29 is 35.9 Å². The Hall–Kier alpha value is -0.679. The van der Waals surface area contributed by atoms with Gasteiger partial charge in [-0.05, 0) is 97.3 Å². The molecule has 3 rings (SSSR count). The summed E-state index contributed by atoms with van der Waals surface area (Å²) in [4.78, 5) is 0.314. The third-order valence-corrected chi connectivity index (χ3v) is 29.6. The van der Waals surface area contributed by atoms with E-state index in [4.69, 9.17) is 27.5 Å². The van der Waals surface area contributed by atoms with Crippen molar-refractivity contribution in [3.8, 4) is 0 Å². The Morgan fingerprint density at radius 1 is 0.875 bits per heavy atom. The predicted molar refractivity (Wildman–Crippen MR) is 240 cm³/mol. The van der Waals surface area contributed by atoms with Gasteiger partial charge in [0.15, 0.2) is 34.8 Å². The topological polar surface area (TPSA) is 89.5 Å². The number of hydrogen-bond donors (Lipinski definition) is 0. The van der Waals surface area contributed by atoms with Gasteiger partial charge in [0, 0.05) is 32.5 Å². The predicted octanol–water partition coefficient (Wildman–Crippen LogP) is 11.2. The van der Waals surface area contributed by atoms with Crippen molar-refractivity contribution in [3.63, 3.8) is 0 Å². The minimum Gasteiger partial charge on any atom is -0.417 e. The molecule has 0 amide bonds. The van der Waals surface area contributed by atoms with E-state index in [0.717, 1.165) is 49.6 Å². The molecule has 2 aliphatic rings. The van der Waals surface area contributed by atoms with E-state index < -0.39 is 52.9 Å². The van der Waals surface area contributed by atoms with E-state index in [1.54, 1.807) is 31.4 Å². The maximum Gasteiger partial charge on any atom is 0.192 e. The molecule has 0 radical (unpaired) electrons. The van der Waals surface area contributed by atoms with Gasteiger partial charge in [-0.1, -0.05) is 94.0 Å². The second-order valence-electron chi connectivity index (χ2n) is 19.9. The first-order valence-electron chi connectivity index (χ1n) is 21.6. The van der Waals surface area contributed by atoms with Crippen molar-refractivity contribution in [1.82, 2.24) is 0 Å². The molecule has 0 saturated carbocycles. The van der Waals surface area contributed by atoms with Gasteiger partial charge in [-0.3, -0.25) is 0 Å². The van der Waals surface area contributed by atoms with Crippen LogP contribution in [0.25, 0.3) is 0 Å². The fraction of sp³-hybridized carbons (Fsp3) is 0.818. The third-order valence-electron chi connectivity index (χ3n) is 14.1. The second-order valence-corrected chi connectivity index (χ2v) is 36.3. The van der Waals surface area contributed by atoms with Gasteiger partial charge in [-0.25, -0.2) is 8.42 Å². The average Bonchev–Trinajstić information content (AvgIpc) is 3.42. The molecule has 0 aromatic heterocycles. The highest BCUT2D eigenvalue weighted by atomic mass is 32.2. The first kappa shape index (κ1) is 49.7. The van der Waals surface area contributed by atoms with Gasteiger partial charge in [0.05, 0.1) is 53.9 Å². The molecular formula is C44H82O8SSi3. The Morgan fingerprint density at radius 3 is 2.00 bits per heavy atom. The zero-order chi connectivity index (χ0) is 42.3. The lowest BCUT2D eigenvalue weighted by atomic mass is 9.83. The zero-order valence-electron chi connectivity index (χ0n) is 38.2. The SMILES string of the molecule is C=C1C(C)CC(CCCO[Si](CC)(CC)CC)OC1C[C@@H]1OC(CC(CO[Si](C)(C)C(C)(C)C)O[Si](C)(C)C(C)(C)C)[C@H](OC)C1CS(=O)(=O)c1ccccc1. The molecule has 6 unspecified atom stereocenters. The van der Waals surface area contributed by atoms with E-state index in [-0.39, 0.29) is 46.2 Å². The minimum absolute atomic E-state index is 0.000640. The van der Waals surface area contributed by atoms with Crippen molar-refractivity contribution in [2.45, 2.75) is 197 Å². The highest BCUT2D eigenvalue weighted by Gasteiger charge is 2.50. The van der Waals surface area contributed by atoms with Crippen molar-refractivity contribution in [2.75, 3.05) is 26.1 Å². The summed E-state index contributed by atoms with van der Waals surface area (Å²) in [6, 6.07) is 12.2. The molecule has 0 aliphatic carbocycles. The van der Waals surface area contributed by atoms with Crippen LogP contribution in [0.2, 0.25) is 54.4 Å². The smallest absolute Gasteiger partial charge is 0.192 e. The summed E-state index contributed by atoms with van der Waals surface area (Å²) in [5, 5.41) is 0.0477. The molecule has 2 heterocycles. The van der Waals surface area contributed by atoms with Crippen LogP contribution in [0.4, 0.5) is 0 Å². The van der Waals surface area contributed by atoms with Crippen molar-refractivity contribution >= 4 is 34.8 Å². The molecular weight excluding hydrogens is 773 g/mol. The van der Waals surface area contributed by atoms with Crippen LogP contribution in [0.5, 0.6) is 0 Å². The van der Waals surface area contributed by atoms with Crippen LogP contribution in [-0.4, -0.2) is 96.1 Å².